The minimum Gasteiger partial charge on any atom is -0.309 e. The van der Waals surface area contributed by atoms with Gasteiger partial charge < -0.3 is 5.32 Å². The number of hydrogen-bond donors (Lipinski definition) is 1. The maximum atomic E-state index is 3.61. The van der Waals surface area contributed by atoms with Gasteiger partial charge in [-0.25, -0.2) is 0 Å². The van der Waals surface area contributed by atoms with E-state index in [0.717, 1.165) is 12.6 Å². The van der Waals surface area contributed by atoms with Crippen LogP contribution in [0.2, 0.25) is 0 Å². The summed E-state index contributed by atoms with van der Waals surface area (Å²) < 4.78 is 0. The van der Waals surface area contributed by atoms with Crippen LogP contribution < -0.4 is 5.32 Å². The van der Waals surface area contributed by atoms with Crippen molar-refractivity contribution >= 4 is 23.1 Å². The second kappa shape index (κ2) is 5.03. The van der Waals surface area contributed by atoms with Crippen molar-refractivity contribution in [2.24, 2.45) is 0 Å². The van der Waals surface area contributed by atoms with Crippen molar-refractivity contribution in [3.05, 3.63) is 22.4 Å². The molecule has 1 fully saturated rings. The van der Waals surface area contributed by atoms with Gasteiger partial charge in [0.15, 0.2) is 0 Å². The highest BCUT2D eigenvalue weighted by atomic mass is 32.2. The van der Waals surface area contributed by atoms with E-state index in [1.165, 1.54) is 29.9 Å². The van der Waals surface area contributed by atoms with Crippen LogP contribution in [0.1, 0.15) is 18.4 Å². The molecule has 0 amide bonds. The quantitative estimate of drug-likeness (QED) is 0.828. The molecule has 0 radical (unpaired) electrons. The van der Waals surface area contributed by atoms with E-state index in [0.29, 0.717) is 0 Å². The molecule has 1 saturated heterocycles. The molecular formula is C10H15NS2. The van der Waals surface area contributed by atoms with Crippen LogP contribution in [0.25, 0.3) is 0 Å². The maximum absolute atomic E-state index is 3.61. The highest BCUT2D eigenvalue weighted by Gasteiger charge is 2.12. The predicted molar refractivity (Wildman–Crippen MR) is 61.5 cm³/mol. The molecule has 1 aliphatic heterocycles. The lowest BCUT2D eigenvalue weighted by atomic mass is 10.2. The van der Waals surface area contributed by atoms with E-state index in [2.05, 4.69) is 33.9 Å². The molecule has 1 N–H and O–H groups in total. The highest BCUT2D eigenvalue weighted by molar-refractivity contribution is 7.99. The van der Waals surface area contributed by atoms with E-state index in [-0.39, 0.29) is 0 Å². The molecule has 1 aromatic rings. The standard InChI is InChI=1S/C10H15NS2/c1-2-10(8-12-4-1)11-6-9-3-5-13-7-9/h3,5,7,10-11H,1-2,4,6,8H2. The smallest absolute Gasteiger partial charge is 0.0216 e. The van der Waals surface area contributed by atoms with Crippen LogP contribution in [0, 0.1) is 0 Å². The summed E-state index contributed by atoms with van der Waals surface area (Å²) in [4.78, 5) is 0. The van der Waals surface area contributed by atoms with Crippen LogP contribution >= 0.6 is 23.1 Å². The first-order valence-corrected chi connectivity index (χ1v) is 6.87. The minimum atomic E-state index is 0.749. The number of rotatable bonds is 3. The molecule has 0 saturated carbocycles. The molecule has 2 rings (SSSR count). The van der Waals surface area contributed by atoms with Crippen molar-refractivity contribution in [1.82, 2.24) is 5.32 Å². The van der Waals surface area contributed by atoms with Crippen LogP contribution in [0.4, 0.5) is 0 Å². The maximum Gasteiger partial charge on any atom is 0.0216 e. The van der Waals surface area contributed by atoms with E-state index in [9.17, 15) is 0 Å². The summed E-state index contributed by atoms with van der Waals surface area (Å²) in [6, 6.07) is 2.95. The lowest BCUT2D eigenvalue weighted by Crippen LogP contribution is -2.33. The summed E-state index contributed by atoms with van der Waals surface area (Å²) >= 11 is 3.86. The summed E-state index contributed by atoms with van der Waals surface area (Å²) in [6.45, 7) is 1.05. The van der Waals surface area contributed by atoms with Crippen LogP contribution in [-0.4, -0.2) is 17.5 Å². The van der Waals surface area contributed by atoms with Gasteiger partial charge in [-0.15, -0.1) is 0 Å². The van der Waals surface area contributed by atoms with Crippen molar-refractivity contribution in [2.45, 2.75) is 25.4 Å². The van der Waals surface area contributed by atoms with Crippen molar-refractivity contribution < 1.29 is 0 Å². The summed E-state index contributed by atoms with van der Waals surface area (Å²) in [5, 5.41) is 7.98. The van der Waals surface area contributed by atoms with E-state index >= 15 is 0 Å². The third-order valence-electron chi connectivity index (χ3n) is 2.34. The average Bonchev–Trinajstić information content (AvgIpc) is 2.69. The molecular weight excluding hydrogens is 198 g/mol. The van der Waals surface area contributed by atoms with Gasteiger partial charge in [0, 0.05) is 18.3 Å². The van der Waals surface area contributed by atoms with Crippen molar-refractivity contribution in [2.75, 3.05) is 11.5 Å². The zero-order valence-electron chi connectivity index (χ0n) is 7.66. The summed E-state index contributed by atoms with van der Waals surface area (Å²) in [6.07, 6.45) is 2.74. The fraction of sp³-hybridized carbons (Fsp3) is 0.600. The second-order valence-electron chi connectivity index (χ2n) is 3.43. The molecule has 1 atom stereocenters. The topological polar surface area (TPSA) is 12.0 Å². The molecule has 0 bridgehead atoms. The first-order chi connectivity index (χ1) is 6.45. The van der Waals surface area contributed by atoms with E-state index in [1.807, 2.05) is 0 Å². The Balaban J connectivity index is 1.72. The van der Waals surface area contributed by atoms with Crippen LogP contribution in [0.3, 0.4) is 0 Å². The lowest BCUT2D eigenvalue weighted by molar-refractivity contribution is 0.508. The van der Waals surface area contributed by atoms with Gasteiger partial charge >= 0.3 is 0 Å². The van der Waals surface area contributed by atoms with Gasteiger partial charge in [-0.05, 0) is 41.0 Å². The molecule has 1 aromatic heterocycles. The zero-order valence-corrected chi connectivity index (χ0v) is 9.29. The van der Waals surface area contributed by atoms with Gasteiger partial charge in [-0.2, -0.15) is 23.1 Å². The van der Waals surface area contributed by atoms with E-state index in [1.54, 1.807) is 11.3 Å². The predicted octanol–water partition coefficient (Wildman–Crippen LogP) is 2.73. The van der Waals surface area contributed by atoms with E-state index < -0.39 is 0 Å². The lowest BCUT2D eigenvalue weighted by Gasteiger charge is -2.22. The molecule has 13 heavy (non-hydrogen) atoms. The number of thiophene rings is 1. The molecule has 0 spiro atoms. The Kier molecular flexibility index (Phi) is 3.70. The van der Waals surface area contributed by atoms with Gasteiger partial charge in [-0.3, -0.25) is 0 Å². The second-order valence-corrected chi connectivity index (χ2v) is 5.36. The SMILES string of the molecule is c1cc(CNC2CCCSC2)cs1. The zero-order chi connectivity index (χ0) is 8.93. The van der Waals surface area contributed by atoms with Crippen LogP contribution in [0.5, 0.6) is 0 Å². The largest absolute Gasteiger partial charge is 0.309 e. The van der Waals surface area contributed by atoms with Crippen molar-refractivity contribution in [3.63, 3.8) is 0 Å². The Labute approximate surface area is 87.9 Å². The monoisotopic (exact) mass is 213 g/mol. The number of nitrogens with one attached hydrogen (secondary N) is 1. The number of hydrogen-bond acceptors (Lipinski definition) is 3. The summed E-state index contributed by atoms with van der Waals surface area (Å²) in [5.74, 6) is 2.65. The molecule has 3 heteroatoms. The Morgan fingerprint density at radius 2 is 2.54 bits per heavy atom. The van der Waals surface area contributed by atoms with Gasteiger partial charge in [0.2, 0.25) is 0 Å². The number of thioether (sulfide) groups is 1. The normalized spacial score (nSPS) is 23.2. The van der Waals surface area contributed by atoms with Gasteiger partial charge in [0.1, 0.15) is 0 Å². The minimum absolute atomic E-state index is 0.749. The third kappa shape index (κ3) is 3.01. The average molecular weight is 213 g/mol. The fourth-order valence-electron chi connectivity index (χ4n) is 1.56. The Morgan fingerprint density at radius 1 is 1.54 bits per heavy atom. The molecule has 1 aliphatic rings. The van der Waals surface area contributed by atoms with Crippen molar-refractivity contribution in [3.8, 4) is 0 Å². The van der Waals surface area contributed by atoms with Crippen molar-refractivity contribution in [1.29, 1.82) is 0 Å². The molecule has 1 unspecified atom stereocenters. The first-order valence-electron chi connectivity index (χ1n) is 4.77. The molecule has 0 aromatic carbocycles. The van der Waals surface area contributed by atoms with Gasteiger partial charge in [0.25, 0.3) is 0 Å². The van der Waals surface area contributed by atoms with Gasteiger partial charge in [0.05, 0.1) is 0 Å². The van der Waals surface area contributed by atoms with E-state index in [4.69, 9.17) is 0 Å². The molecule has 0 aliphatic carbocycles. The van der Waals surface area contributed by atoms with Crippen LogP contribution in [0.15, 0.2) is 16.8 Å². The Bertz CT molecular complexity index is 227. The Morgan fingerprint density at radius 3 is 3.23 bits per heavy atom. The third-order valence-corrected chi connectivity index (χ3v) is 4.28. The van der Waals surface area contributed by atoms with Gasteiger partial charge in [-0.1, -0.05) is 0 Å². The molecule has 1 nitrogen and oxygen atoms in total. The van der Waals surface area contributed by atoms with Crippen LogP contribution in [-0.2, 0) is 6.54 Å². The summed E-state index contributed by atoms with van der Waals surface area (Å²) in [7, 11) is 0. The fourth-order valence-corrected chi connectivity index (χ4v) is 3.33. The molecule has 72 valence electrons. The highest BCUT2D eigenvalue weighted by Crippen LogP contribution is 2.17. The molecule has 2 heterocycles. The first kappa shape index (κ1) is 9.56. The summed E-state index contributed by atoms with van der Waals surface area (Å²) in [5.41, 5.74) is 1.43. The Hall–Kier alpha value is 0.01000.